The van der Waals surface area contributed by atoms with E-state index in [4.69, 9.17) is 18.9 Å². The van der Waals surface area contributed by atoms with Crippen molar-refractivity contribution < 1.29 is 24.1 Å². The number of methoxy groups -OCH3 is 2. The Hall–Kier alpha value is -3.71. The highest BCUT2D eigenvalue weighted by molar-refractivity contribution is 5.49. The average Bonchev–Trinajstić information content (AvgIpc) is 3.35. The number of aliphatic hydroxyl groups is 1. The van der Waals surface area contributed by atoms with Crippen LogP contribution in [-0.4, -0.2) is 43.1 Å². The van der Waals surface area contributed by atoms with Gasteiger partial charge in [-0.05, 0) is 52.6 Å². The van der Waals surface area contributed by atoms with Crippen LogP contribution in [0.25, 0.3) is 0 Å². The molecule has 3 atom stereocenters. The van der Waals surface area contributed by atoms with E-state index in [0.29, 0.717) is 6.42 Å². The lowest BCUT2D eigenvalue weighted by Gasteiger charge is -2.37. The maximum Gasteiger partial charge on any atom is 0.143 e. The van der Waals surface area contributed by atoms with Crippen LogP contribution < -0.4 is 9.47 Å². The number of nitrogens with zero attached hydrogens (tertiary/aromatic N) is 1. The number of pyridine rings is 1. The highest BCUT2D eigenvalue weighted by Gasteiger charge is 2.41. The Labute approximate surface area is 217 Å². The standard InChI is InChI=1S/C31H31NO5/c1-34-26-14-10-24(11-15-26)31(23-8-4-3-5-9-23,25-12-16-27(35-2)17-13-25)36-21-30-28(33)19-29(37-30)22-7-6-18-32-20-22/h3-18,20,28-30,33H,19,21H2,1-2H3/t28?,29-,30?/m1/s1. The van der Waals surface area contributed by atoms with E-state index < -0.39 is 17.8 Å². The molecule has 0 amide bonds. The van der Waals surface area contributed by atoms with Crippen LogP contribution >= 0.6 is 0 Å². The van der Waals surface area contributed by atoms with Crippen LogP contribution in [0.1, 0.15) is 34.8 Å². The number of aliphatic hydroxyl groups excluding tert-OH is 1. The predicted molar refractivity (Wildman–Crippen MR) is 141 cm³/mol. The fourth-order valence-corrected chi connectivity index (χ4v) is 4.94. The molecule has 6 nitrogen and oxygen atoms in total. The van der Waals surface area contributed by atoms with Gasteiger partial charge in [-0.3, -0.25) is 4.98 Å². The van der Waals surface area contributed by atoms with Crippen LogP contribution in [0.2, 0.25) is 0 Å². The fourth-order valence-electron chi connectivity index (χ4n) is 4.94. The molecule has 0 saturated carbocycles. The molecule has 0 spiro atoms. The third-order valence-electron chi connectivity index (χ3n) is 6.92. The summed E-state index contributed by atoms with van der Waals surface area (Å²) in [7, 11) is 3.30. The minimum atomic E-state index is -0.963. The second-order valence-corrected chi connectivity index (χ2v) is 9.07. The highest BCUT2D eigenvalue weighted by Crippen LogP contribution is 2.43. The zero-order chi connectivity index (χ0) is 25.7. The fraction of sp³-hybridized carbons (Fsp3) is 0.258. The molecule has 1 N–H and O–H groups in total. The number of aromatic nitrogens is 1. The Kier molecular flexibility index (Phi) is 7.51. The molecule has 1 saturated heterocycles. The monoisotopic (exact) mass is 497 g/mol. The van der Waals surface area contributed by atoms with Crippen molar-refractivity contribution in [3.05, 3.63) is 126 Å². The normalized spacial score (nSPS) is 19.5. The van der Waals surface area contributed by atoms with E-state index >= 15 is 0 Å². The van der Waals surface area contributed by atoms with Crippen LogP contribution in [-0.2, 0) is 15.1 Å². The smallest absolute Gasteiger partial charge is 0.143 e. The quantitative estimate of drug-likeness (QED) is 0.317. The molecule has 6 heteroatoms. The first-order chi connectivity index (χ1) is 18.1. The van der Waals surface area contributed by atoms with Gasteiger partial charge < -0.3 is 24.1 Å². The van der Waals surface area contributed by atoms with Crippen molar-refractivity contribution in [1.82, 2.24) is 4.98 Å². The number of ether oxygens (including phenoxy) is 4. The SMILES string of the molecule is COc1ccc(C(OCC2O[C@@H](c3cccnc3)CC2O)(c2ccccc2)c2ccc(OC)cc2)cc1. The Morgan fingerprint density at radius 1 is 0.811 bits per heavy atom. The molecule has 1 fully saturated rings. The van der Waals surface area contributed by atoms with Gasteiger partial charge in [0.25, 0.3) is 0 Å². The molecule has 2 heterocycles. The van der Waals surface area contributed by atoms with Crippen LogP contribution in [0.4, 0.5) is 0 Å². The zero-order valence-corrected chi connectivity index (χ0v) is 21.0. The molecule has 5 rings (SSSR count). The van der Waals surface area contributed by atoms with Crippen LogP contribution in [0.5, 0.6) is 11.5 Å². The van der Waals surface area contributed by atoms with Gasteiger partial charge in [0.15, 0.2) is 0 Å². The van der Waals surface area contributed by atoms with Gasteiger partial charge >= 0.3 is 0 Å². The van der Waals surface area contributed by atoms with E-state index in [1.807, 2.05) is 78.9 Å². The number of hydrogen-bond acceptors (Lipinski definition) is 6. The molecule has 3 aromatic carbocycles. The lowest BCUT2D eigenvalue weighted by atomic mass is 9.80. The van der Waals surface area contributed by atoms with Crippen molar-refractivity contribution in [2.45, 2.75) is 30.3 Å². The predicted octanol–water partition coefficient (Wildman–Crippen LogP) is 5.30. The van der Waals surface area contributed by atoms with Crippen LogP contribution in [0.15, 0.2) is 103 Å². The minimum Gasteiger partial charge on any atom is -0.497 e. The molecule has 0 bridgehead atoms. The highest BCUT2D eigenvalue weighted by atomic mass is 16.6. The summed E-state index contributed by atoms with van der Waals surface area (Å²) < 4.78 is 24.0. The summed E-state index contributed by atoms with van der Waals surface area (Å²) in [5.74, 6) is 1.52. The zero-order valence-electron chi connectivity index (χ0n) is 21.0. The molecule has 37 heavy (non-hydrogen) atoms. The van der Waals surface area contributed by atoms with Crippen LogP contribution in [0.3, 0.4) is 0 Å². The van der Waals surface area contributed by atoms with E-state index in [-0.39, 0.29) is 12.7 Å². The van der Waals surface area contributed by atoms with Gasteiger partial charge in [-0.15, -0.1) is 0 Å². The third-order valence-corrected chi connectivity index (χ3v) is 6.92. The Bertz CT molecular complexity index is 1220. The van der Waals surface area contributed by atoms with E-state index in [1.165, 1.54) is 0 Å². The summed E-state index contributed by atoms with van der Waals surface area (Å²) in [5.41, 5.74) is 2.81. The average molecular weight is 498 g/mol. The van der Waals surface area contributed by atoms with Gasteiger partial charge in [0, 0.05) is 18.8 Å². The Morgan fingerprint density at radius 2 is 1.41 bits per heavy atom. The van der Waals surface area contributed by atoms with E-state index in [1.54, 1.807) is 26.6 Å². The number of benzene rings is 3. The van der Waals surface area contributed by atoms with Gasteiger partial charge in [0.1, 0.15) is 23.2 Å². The first kappa shape index (κ1) is 25.0. The number of hydrogen-bond donors (Lipinski definition) is 1. The molecule has 1 aromatic heterocycles. The molecular formula is C31H31NO5. The van der Waals surface area contributed by atoms with Crippen molar-refractivity contribution in [3.63, 3.8) is 0 Å². The van der Waals surface area contributed by atoms with E-state index in [2.05, 4.69) is 17.1 Å². The van der Waals surface area contributed by atoms with Gasteiger partial charge in [0.05, 0.1) is 33.0 Å². The molecule has 2 unspecified atom stereocenters. The van der Waals surface area contributed by atoms with Crippen molar-refractivity contribution in [2.24, 2.45) is 0 Å². The second-order valence-electron chi connectivity index (χ2n) is 9.07. The molecule has 1 aliphatic heterocycles. The van der Waals surface area contributed by atoms with Crippen molar-refractivity contribution >= 4 is 0 Å². The topological polar surface area (TPSA) is 70.0 Å². The minimum absolute atomic E-state index is 0.185. The summed E-state index contributed by atoms with van der Waals surface area (Å²) in [6.07, 6.45) is 2.61. The lowest BCUT2D eigenvalue weighted by molar-refractivity contribution is -0.0828. The van der Waals surface area contributed by atoms with Gasteiger partial charge in [-0.2, -0.15) is 0 Å². The Morgan fingerprint density at radius 3 is 1.95 bits per heavy atom. The van der Waals surface area contributed by atoms with Crippen molar-refractivity contribution in [1.29, 1.82) is 0 Å². The van der Waals surface area contributed by atoms with E-state index in [0.717, 1.165) is 33.8 Å². The molecule has 1 aliphatic rings. The number of rotatable bonds is 9. The van der Waals surface area contributed by atoms with Crippen molar-refractivity contribution in [2.75, 3.05) is 20.8 Å². The molecule has 0 aliphatic carbocycles. The Balaban J connectivity index is 1.54. The van der Waals surface area contributed by atoms with Crippen molar-refractivity contribution in [3.8, 4) is 11.5 Å². The molecule has 190 valence electrons. The summed E-state index contributed by atoms with van der Waals surface area (Å²) in [6, 6.07) is 29.7. The lowest BCUT2D eigenvalue weighted by Crippen LogP contribution is -2.38. The van der Waals surface area contributed by atoms with Gasteiger partial charge in [-0.1, -0.05) is 60.7 Å². The van der Waals surface area contributed by atoms with Gasteiger partial charge in [-0.25, -0.2) is 0 Å². The third kappa shape index (κ3) is 5.09. The van der Waals surface area contributed by atoms with Crippen LogP contribution in [0, 0.1) is 0 Å². The summed E-state index contributed by atoms with van der Waals surface area (Å²) in [4.78, 5) is 4.20. The first-order valence-corrected chi connectivity index (χ1v) is 12.4. The maximum atomic E-state index is 10.9. The molecule has 4 aromatic rings. The molecular weight excluding hydrogens is 466 g/mol. The first-order valence-electron chi connectivity index (χ1n) is 12.4. The maximum absolute atomic E-state index is 10.9. The largest absolute Gasteiger partial charge is 0.497 e. The summed E-state index contributed by atoms with van der Waals surface area (Å²) in [5, 5.41) is 10.9. The summed E-state index contributed by atoms with van der Waals surface area (Å²) >= 11 is 0. The van der Waals surface area contributed by atoms with Gasteiger partial charge in [0.2, 0.25) is 0 Å². The second kappa shape index (κ2) is 11.1. The van der Waals surface area contributed by atoms with E-state index in [9.17, 15) is 5.11 Å². The summed E-state index contributed by atoms with van der Waals surface area (Å²) in [6.45, 7) is 0.185. The molecule has 0 radical (unpaired) electrons.